The van der Waals surface area contributed by atoms with Gasteiger partial charge >= 0.3 is 6.01 Å². The van der Waals surface area contributed by atoms with Crippen LogP contribution in [0.25, 0.3) is 0 Å². The van der Waals surface area contributed by atoms with Gasteiger partial charge in [-0.3, -0.25) is 0 Å². The van der Waals surface area contributed by atoms with E-state index >= 15 is 0 Å². The molecule has 5 nitrogen and oxygen atoms in total. The second kappa shape index (κ2) is 6.41. The molecular weight excluding hydrogens is 300 g/mol. The molecule has 0 spiro atoms. The van der Waals surface area contributed by atoms with Gasteiger partial charge in [0.15, 0.2) is 0 Å². The Labute approximate surface area is 132 Å². The van der Waals surface area contributed by atoms with Crippen molar-refractivity contribution in [2.24, 2.45) is 10.7 Å². The lowest BCUT2D eigenvalue weighted by Crippen LogP contribution is -2.12. The first kappa shape index (κ1) is 14.3. The van der Waals surface area contributed by atoms with E-state index in [1.807, 2.05) is 30.3 Å². The van der Waals surface area contributed by atoms with Crippen LogP contribution in [-0.2, 0) is 6.42 Å². The number of nitrogens with zero attached hydrogens (tertiary/aromatic N) is 3. The fourth-order valence-electron chi connectivity index (χ4n) is 1.92. The van der Waals surface area contributed by atoms with E-state index in [9.17, 15) is 0 Å². The predicted octanol–water partition coefficient (Wildman–Crippen LogP) is 3.35. The van der Waals surface area contributed by atoms with Gasteiger partial charge in [-0.1, -0.05) is 47.0 Å². The summed E-state index contributed by atoms with van der Waals surface area (Å²) in [6.45, 7) is 0. The molecule has 0 saturated carbocycles. The lowest BCUT2D eigenvalue weighted by Gasteiger charge is -1.98. The Kier molecular flexibility index (Phi) is 4.16. The summed E-state index contributed by atoms with van der Waals surface area (Å²) in [6, 6.07) is 17.1. The normalized spacial score (nSPS) is 11.6. The molecule has 3 rings (SSSR count). The van der Waals surface area contributed by atoms with Gasteiger partial charge in [-0.25, -0.2) is 0 Å². The molecule has 0 aliphatic carbocycles. The maximum Gasteiger partial charge on any atom is 0.344 e. The van der Waals surface area contributed by atoms with Crippen LogP contribution in [0.3, 0.4) is 0 Å². The predicted molar refractivity (Wildman–Crippen MR) is 85.4 cm³/mol. The van der Waals surface area contributed by atoms with Crippen molar-refractivity contribution >= 4 is 23.5 Å². The molecule has 6 heteroatoms. The number of hydrogen-bond acceptors (Lipinski definition) is 4. The van der Waals surface area contributed by atoms with Gasteiger partial charge in [-0.05, 0) is 29.8 Å². The van der Waals surface area contributed by atoms with E-state index < -0.39 is 0 Å². The van der Waals surface area contributed by atoms with Crippen LogP contribution in [0.2, 0.25) is 5.02 Å². The van der Waals surface area contributed by atoms with E-state index in [0.717, 1.165) is 11.1 Å². The summed E-state index contributed by atoms with van der Waals surface area (Å²) in [5.74, 6) is 0.792. The minimum atomic E-state index is 0.137. The van der Waals surface area contributed by atoms with Gasteiger partial charge in [0.25, 0.3) is 0 Å². The molecule has 0 fully saturated rings. The molecule has 0 aliphatic heterocycles. The number of amidine groups is 1. The van der Waals surface area contributed by atoms with Gasteiger partial charge in [-0.2, -0.15) is 4.99 Å². The van der Waals surface area contributed by atoms with E-state index in [1.54, 1.807) is 24.3 Å². The third kappa shape index (κ3) is 3.51. The Morgan fingerprint density at radius 1 is 1.05 bits per heavy atom. The average Bonchev–Trinajstić information content (AvgIpc) is 2.96. The van der Waals surface area contributed by atoms with Gasteiger partial charge in [0.05, 0.1) is 6.42 Å². The minimum absolute atomic E-state index is 0.137. The lowest BCUT2D eigenvalue weighted by atomic mass is 10.2. The van der Waals surface area contributed by atoms with E-state index in [0.29, 0.717) is 23.2 Å². The Morgan fingerprint density at radius 3 is 2.50 bits per heavy atom. The number of rotatable bonds is 4. The zero-order valence-corrected chi connectivity index (χ0v) is 12.4. The van der Waals surface area contributed by atoms with Crippen LogP contribution < -0.4 is 5.73 Å². The summed E-state index contributed by atoms with van der Waals surface area (Å²) in [4.78, 5) is 4.13. The third-order valence-electron chi connectivity index (χ3n) is 3.01. The van der Waals surface area contributed by atoms with Crippen LogP contribution in [0.1, 0.15) is 17.0 Å². The fraction of sp³-hybridized carbons (Fsp3) is 0.0625. The van der Waals surface area contributed by atoms with Crippen LogP contribution in [0, 0.1) is 0 Å². The lowest BCUT2D eigenvalue weighted by molar-refractivity contribution is 0.515. The van der Waals surface area contributed by atoms with Gasteiger partial charge in [0.1, 0.15) is 5.84 Å². The Balaban J connectivity index is 1.76. The summed E-state index contributed by atoms with van der Waals surface area (Å²) < 4.78 is 5.49. The number of aliphatic imine (C=N–C) groups is 1. The molecular formula is C16H13ClN4O. The largest absolute Gasteiger partial charge is 0.406 e. The van der Waals surface area contributed by atoms with Crippen molar-refractivity contribution < 1.29 is 4.42 Å². The molecule has 2 aromatic carbocycles. The molecule has 0 unspecified atom stereocenters. The topological polar surface area (TPSA) is 77.3 Å². The molecule has 1 aromatic heterocycles. The van der Waals surface area contributed by atoms with Crippen molar-refractivity contribution in [3.8, 4) is 0 Å². The van der Waals surface area contributed by atoms with E-state index in [-0.39, 0.29) is 6.01 Å². The van der Waals surface area contributed by atoms with Crippen LogP contribution >= 0.6 is 11.6 Å². The van der Waals surface area contributed by atoms with E-state index in [2.05, 4.69) is 15.2 Å². The maximum atomic E-state index is 5.92. The zero-order chi connectivity index (χ0) is 15.4. The second-order valence-corrected chi connectivity index (χ2v) is 5.08. The van der Waals surface area contributed by atoms with Gasteiger partial charge in [0.2, 0.25) is 5.89 Å². The quantitative estimate of drug-likeness (QED) is 0.592. The molecule has 0 atom stereocenters. The molecule has 3 aromatic rings. The summed E-state index contributed by atoms with van der Waals surface area (Å²) in [5.41, 5.74) is 7.75. The van der Waals surface area contributed by atoms with Crippen LogP contribution in [0.4, 0.5) is 6.01 Å². The Morgan fingerprint density at radius 2 is 1.77 bits per heavy atom. The van der Waals surface area contributed by atoms with Crippen LogP contribution in [-0.4, -0.2) is 16.0 Å². The SMILES string of the molecule is N/C(=N\c1nnc(Cc2ccccc2)o1)c1ccc(Cl)cc1. The summed E-state index contributed by atoms with van der Waals surface area (Å²) in [5, 5.41) is 8.50. The Hall–Kier alpha value is -2.66. The molecule has 0 aliphatic rings. The molecule has 0 amide bonds. The average molecular weight is 313 g/mol. The zero-order valence-electron chi connectivity index (χ0n) is 11.6. The van der Waals surface area contributed by atoms with Crippen molar-refractivity contribution in [2.45, 2.75) is 6.42 Å². The first-order valence-electron chi connectivity index (χ1n) is 6.67. The molecule has 2 N–H and O–H groups in total. The molecule has 0 saturated heterocycles. The first-order chi connectivity index (χ1) is 10.7. The van der Waals surface area contributed by atoms with Crippen molar-refractivity contribution in [3.05, 3.63) is 76.6 Å². The number of benzene rings is 2. The van der Waals surface area contributed by atoms with Gasteiger partial charge in [-0.15, -0.1) is 5.10 Å². The van der Waals surface area contributed by atoms with E-state index in [4.69, 9.17) is 21.8 Å². The summed E-state index contributed by atoms with van der Waals surface area (Å²) >= 11 is 5.84. The molecule has 0 bridgehead atoms. The highest BCUT2D eigenvalue weighted by molar-refractivity contribution is 6.30. The highest BCUT2D eigenvalue weighted by Crippen LogP contribution is 2.15. The first-order valence-corrected chi connectivity index (χ1v) is 7.05. The number of aromatic nitrogens is 2. The Bertz CT molecular complexity index is 781. The molecule has 0 radical (unpaired) electrons. The van der Waals surface area contributed by atoms with Crippen molar-refractivity contribution in [1.82, 2.24) is 10.2 Å². The fourth-order valence-corrected chi connectivity index (χ4v) is 2.05. The second-order valence-electron chi connectivity index (χ2n) is 4.64. The van der Waals surface area contributed by atoms with Crippen molar-refractivity contribution in [1.29, 1.82) is 0 Å². The molecule has 1 heterocycles. The van der Waals surface area contributed by atoms with Crippen molar-refractivity contribution in [2.75, 3.05) is 0 Å². The number of hydrogen-bond donors (Lipinski definition) is 1. The monoisotopic (exact) mass is 312 g/mol. The van der Waals surface area contributed by atoms with Gasteiger partial charge in [0, 0.05) is 10.6 Å². The number of nitrogens with two attached hydrogens (primary N) is 1. The smallest absolute Gasteiger partial charge is 0.344 e. The number of halogens is 1. The van der Waals surface area contributed by atoms with Crippen LogP contribution in [0.5, 0.6) is 0 Å². The maximum absolute atomic E-state index is 5.92. The highest BCUT2D eigenvalue weighted by atomic mass is 35.5. The highest BCUT2D eigenvalue weighted by Gasteiger charge is 2.07. The van der Waals surface area contributed by atoms with Crippen LogP contribution in [0.15, 0.2) is 64.0 Å². The van der Waals surface area contributed by atoms with Gasteiger partial charge < -0.3 is 10.2 Å². The standard InChI is InChI=1S/C16H13ClN4O/c17-13-8-6-12(7-9-13)15(18)19-16-21-20-14(22-16)10-11-4-2-1-3-5-11/h1-9H,10H2,(H2,18,19,21). The third-order valence-corrected chi connectivity index (χ3v) is 3.26. The van der Waals surface area contributed by atoms with E-state index in [1.165, 1.54) is 0 Å². The summed E-state index contributed by atoms with van der Waals surface area (Å²) in [7, 11) is 0. The van der Waals surface area contributed by atoms with Crippen molar-refractivity contribution in [3.63, 3.8) is 0 Å². The molecule has 110 valence electrons. The molecule has 22 heavy (non-hydrogen) atoms. The minimum Gasteiger partial charge on any atom is -0.406 e. The summed E-state index contributed by atoms with van der Waals surface area (Å²) in [6.07, 6.45) is 0.560.